The normalized spacial score (nSPS) is 17.4. The van der Waals surface area contributed by atoms with Crippen molar-refractivity contribution in [3.05, 3.63) is 23.0 Å². The van der Waals surface area contributed by atoms with Gasteiger partial charge >= 0.3 is 0 Å². The summed E-state index contributed by atoms with van der Waals surface area (Å²) in [6.45, 7) is 3.56. The Balaban J connectivity index is 2.49. The summed E-state index contributed by atoms with van der Waals surface area (Å²) in [6.07, 6.45) is 0.105. The van der Waals surface area contributed by atoms with E-state index in [-0.39, 0.29) is 48.1 Å². The molecule has 1 amide bonds. The summed E-state index contributed by atoms with van der Waals surface area (Å²) < 4.78 is 40.3. The van der Waals surface area contributed by atoms with Crippen molar-refractivity contribution in [1.82, 2.24) is 9.62 Å². The fraction of sp³-hybridized carbons (Fsp3) is 0.462. The van der Waals surface area contributed by atoms with Gasteiger partial charge in [-0.05, 0) is 31.0 Å². The van der Waals surface area contributed by atoms with E-state index in [4.69, 9.17) is 5.73 Å². The van der Waals surface area contributed by atoms with Crippen LogP contribution in [0.15, 0.2) is 11.0 Å². The number of amides is 1. The summed E-state index contributed by atoms with van der Waals surface area (Å²) >= 11 is 0. The number of nitrogens with two attached hydrogens (primary N) is 1. The number of sulfonamides is 1. The van der Waals surface area contributed by atoms with E-state index in [0.717, 1.165) is 6.07 Å². The molecule has 0 unspecified atom stereocenters. The van der Waals surface area contributed by atoms with E-state index in [1.807, 2.05) is 0 Å². The first-order valence-electron chi connectivity index (χ1n) is 6.57. The standard InChI is InChI=1S/C13H18FN3O3S/c1-8-7-10(14)12(15)9(2)13(8)21(19,20)17-5-3-11(18)16-4-6-17/h7H,3-6,15H2,1-2H3,(H,16,18). The van der Waals surface area contributed by atoms with Gasteiger partial charge in [-0.3, -0.25) is 4.79 Å². The second-order valence-corrected chi connectivity index (χ2v) is 6.92. The molecule has 2 rings (SSSR count). The molecule has 1 heterocycles. The zero-order valence-corrected chi connectivity index (χ0v) is 12.8. The Morgan fingerprint density at radius 1 is 1.33 bits per heavy atom. The molecule has 0 saturated carbocycles. The van der Waals surface area contributed by atoms with E-state index in [1.165, 1.54) is 18.2 Å². The minimum absolute atomic E-state index is 0.0238. The van der Waals surface area contributed by atoms with Crippen molar-refractivity contribution >= 4 is 21.6 Å². The van der Waals surface area contributed by atoms with E-state index in [2.05, 4.69) is 5.32 Å². The molecule has 8 heteroatoms. The molecule has 1 fully saturated rings. The third kappa shape index (κ3) is 2.86. The van der Waals surface area contributed by atoms with Crippen LogP contribution in [-0.4, -0.2) is 38.3 Å². The molecule has 116 valence electrons. The van der Waals surface area contributed by atoms with Gasteiger partial charge in [0.2, 0.25) is 15.9 Å². The Hall–Kier alpha value is -1.67. The number of carbonyl (C=O) groups is 1. The summed E-state index contributed by atoms with van der Waals surface area (Å²) in [6, 6.07) is 1.12. The molecular formula is C13H18FN3O3S. The van der Waals surface area contributed by atoms with Crippen molar-refractivity contribution in [3.63, 3.8) is 0 Å². The van der Waals surface area contributed by atoms with E-state index in [0.29, 0.717) is 5.56 Å². The summed E-state index contributed by atoms with van der Waals surface area (Å²) in [5.74, 6) is -0.809. The van der Waals surface area contributed by atoms with Gasteiger partial charge < -0.3 is 11.1 Å². The maximum absolute atomic E-state index is 13.6. The quantitative estimate of drug-likeness (QED) is 0.779. The van der Waals surface area contributed by atoms with Crippen molar-refractivity contribution in [2.24, 2.45) is 0 Å². The molecule has 1 aliphatic rings. The molecule has 21 heavy (non-hydrogen) atoms. The third-order valence-corrected chi connectivity index (χ3v) is 5.76. The number of benzene rings is 1. The number of nitrogens with zero attached hydrogens (tertiary/aromatic N) is 1. The topological polar surface area (TPSA) is 92.5 Å². The summed E-state index contributed by atoms with van der Waals surface area (Å²) in [5.41, 5.74) is 5.96. The second-order valence-electron chi connectivity index (χ2n) is 5.05. The van der Waals surface area contributed by atoms with Crippen LogP contribution in [0.1, 0.15) is 17.5 Å². The summed E-state index contributed by atoms with van der Waals surface area (Å²) in [5, 5.41) is 2.62. The number of halogens is 1. The van der Waals surface area contributed by atoms with Gasteiger partial charge in [0.15, 0.2) is 0 Å². The second kappa shape index (κ2) is 5.61. The van der Waals surface area contributed by atoms with Crippen molar-refractivity contribution < 1.29 is 17.6 Å². The Morgan fingerprint density at radius 2 is 2.00 bits per heavy atom. The zero-order chi connectivity index (χ0) is 15.8. The molecule has 0 atom stereocenters. The number of nitrogen functional groups attached to an aromatic ring is 1. The Kier molecular flexibility index (Phi) is 4.20. The number of rotatable bonds is 2. The smallest absolute Gasteiger partial charge is 0.243 e. The maximum atomic E-state index is 13.6. The molecule has 0 radical (unpaired) electrons. The van der Waals surface area contributed by atoms with Gasteiger partial charge in [-0.15, -0.1) is 0 Å². The summed E-state index contributed by atoms with van der Waals surface area (Å²) in [4.78, 5) is 11.3. The highest BCUT2D eigenvalue weighted by Gasteiger charge is 2.30. The van der Waals surface area contributed by atoms with Crippen LogP contribution in [0.2, 0.25) is 0 Å². The number of hydrogen-bond donors (Lipinski definition) is 2. The minimum Gasteiger partial charge on any atom is -0.396 e. The Bertz CT molecular complexity index is 688. The number of anilines is 1. The van der Waals surface area contributed by atoms with E-state index >= 15 is 0 Å². The predicted octanol–water partition coefficient (Wildman–Crippen LogP) is 0.535. The van der Waals surface area contributed by atoms with Gasteiger partial charge in [0.05, 0.1) is 10.6 Å². The average molecular weight is 315 g/mol. The zero-order valence-electron chi connectivity index (χ0n) is 11.9. The fourth-order valence-corrected chi connectivity index (χ4v) is 4.33. The monoisotopic (exact) mass is 315 g/mol. The van der Waals surface area contributed by atoms with Crippen LogP contribution in [0.25, 0.3) is 0 Å². The molecule has 0 spiro atoms. The third-order valence-electron chi connectivity index (χ3n) is 3.57. The molecule has 1 saturated heterocycles. The van der Waals surface area contributed by atoms with Crippen LogP contribution in [-0.2, 0) is 14.8 Å². The molecule has 0 bridgehead atoms. The SMILES string of the molecule is Cc1cc(F)c(N)c(C)c1S(=O)(=O)N1CCNC(=O)CC1. The Labute approximate surface area is 123 Å². The highest BCUT2D eigenvalue weighted by molar-refractivity contribution is 7.89. The highest BCUT2D eigenvalue weighted by atomic mass is 32.2. The van der Waals surface area contributed by atoms with Crippen LogP contribution in [0.4, 0.5) is 10.1 Å². The van der Waals surface area contributed by atoms with Crippen LogP contribution in [0.5, 0.6) is 0 Å². The number of carbonyl (C=O) groups excluding carboxylic acids is 1. The average Bonchev–Trinajstić information content (AvgIpc) is 2.61. The predicted molar refractivity (Wildman–Crippen MR) is 76.7 cm³/mol. The molecule has 1 aromatic carbocycles. The minimum atomic E-state index is -3.81. The number of nitrogens with one attached hydrogen (secondary N) is 1. The maximum Gasteiger partial charge on any atom is 0.243 e. The molecule has 6 nitrogen and oxygen atoms in total. The van der Waals surface area contributed by atoms with E-state index in [1.54, 1.807) is 0 Å². The highest BCUT2D eigenvalue weighted by Crippen LogP contribution is 2.30. The van der Waals surface area contributed by atoms with Crippen LogP contribution in [0, 0.1) is 19.7 Å². The van der Waals surface area contributed by atoms with Crippen LogP contribution in [0.3, 0.4) is 0 Å². The fourth-order valence-electron chi connectivity index (χ4n) is 2.44. The van der Waals surface area contributed by atoms with Gasteiger partial charge in [-0.25, -0.2) is 12.8 Å². The first-order valence-corrected chi connectivity index (χ1v) is 8.01. The van der Waals surface area contributed by atoms with Gasteiger partial charge in [0, 0.05) is 26.1 Å². The molecule has 0 aliphatic carbocycles. The molecule has 3 N–H and O–H groups in total. The lowest BCUT2D eigenvalue weighted by Crippen LogP contribution is -2.35. The van der Waals surface area contributed by atoms with E-state index in [9.17, 15) is 17.6 Å². The molecule has 1 aliphatic heterocycles. The lowest BCUT2D eigenvalue weighted by molar-refractivity contribution is -0.120. The van der Waals surface area contributed by atoms with E-state index < -0.39 is 15.8 Å². The van der Waals surface area contributed by atoms with Gasteiger partial charge in [0.1, 0.15) is 5.82 Å². The molecule has 1 aromatic rings. The van der Waals surface area contributed by atoms with Gasteiger partial charge in [-0.1, -0.05) is 0 Å². The van der Waals surface area contributed by atoms with Crippen molar-refractivity contribution in [1.29, 1.82) is 0 Å². The first-order chi connectivity index (χ1) is 9.75. The van der Waals surface area contributed by atoms with Crippen molar-refractivity contribution in [2.45, 2.75) is 25.2 Å². The Morgan fingerprint density at radius 3 is 2.67 bits per heavy atom. The van der Waals surface area contributed by atoms with Crippen LogP contribution < -0.4 is 11.1 Å². The lowest BCUT2D eigenvalue weighted by Gasteiger charge is -2.22. The summed E-state index contributed by atoms with van der Waals surface area (Å²) in [7, 11) is -3.81. The van der Waals surface area contributed by atoms with Crippen molar-refractivity contribution in [3.8, 4) is 0 Å². The largest absolute Gasteiger partial charge is 0.396 e. The first kappa shape index (κ1) is 15.7. The van der Waals surface area contributed by atoms with Crippen molar-refractivity contribution in [2.75, 3.05) is 25.4 Å². The lowest BCUT2D eigenvalue weighted by atomic mass is 10.1. The molecular weight excluding hydrogens is 297 g/mol. The number of aryl methyl sites for hydroxylation is 1. The van der Waals surface area contributed by atoms with Gasteiger partial charge in [0.25, 0.3) is 0 Å². The van der Waals surface area contributed by atoms with Gasteiger partial charge in [-0.2, -0.15) is 4.31 Å². The van der Waals surface area contributed by atoms with Crippen LogP contribution >= 0.6 is 0 Å². The molecule has 0 aromatic heterocycles. The number of hydrogen-bond acceptors (Lipinski definition) is 4.